The molecular weight excluding hydrogens is 231 g/mol. The molecule has 0 aliphatic heterocycles. The number of rotatable bonds is 1. The summed E-state index contributed by atoms with van der Waals surface area (Å²) in [6, 6.07) is 0. The molecule has 0 spiro atoms. The topological polar surface area (TPSA) is 89.6 Å². The molecule has 0 heterocycles. The van der Waals surface area contributed by atoms with E-state index in [-0.39, 0.29) is 11.9 Å². The van der Waals surface area contributed by atoms with Gasteiger partial charge < -0.3 is 9.94 Å². The maximum Gasteiger partial charge on any atom is 0.490 e. The summed E-state index contributed by atoms with van der Waals surface area (Å²) in [6.45, 7) is 0. The second-order valence-corrected chi connectivity index (χ2v) is 3.22. The minimum absolute atomic E-state index is 0.0926. The summed E-state index contributed by atoms with van der Waals surface area (Å²) in [4.78, 5) is 23.7. The van der Waals surface area contributed by atoms with Gasteiger partial charge in [-0.05, 0) is 12.8 Å². The normalized spacial score (nSPS) is 16.2. The first kappa shape index (κ1) is 14.7. The van der Waals surface area contributed by atoms with Crippen molar-refractivity contribution in [1.29, 1.82) is 0 Å². The van der Waals surface area contributed by atoms with Gasteiger partial charge in [0.25, 0.3) is 0 Å². The van der Waals surface area contributed by atoms with E-state index in [1.54, 1.807) is 0 Å². The van der Waals surface area contributed by atoms with E-state index in [1.165, 1.54) is 0 Å². The Morgan fingerprint density at radius 2 is 1.62 bits per heavy atom. The molecule has 0 radical (unpaired) electrons. The van der Waals surface area contributed by atoms with Crippen LogP contribution in [-0.4, -0.2) is 23.2 Å². The molecule has 0 atom stereocenters. The molecule has 0 amide bonds. The summed E-state index contributed by atoms with van der Waals surface area (Å²) >= 11 is 0. The van der Waals surface area contributed by atoms with Crippen LogP contribution in [0.2, 0.25) is 0 Å². The summed E-state index contributed by atoms with van der Waals surface area (Å²) in [6.07, 6.45) is -0.897. The molecule has 0 aromatic carbocycles. The fourth-order valence-electron chi connectivity index (χ4n) is 1.26. The standard InChI is InChI=1S/C6H11NO2.C2HF3O2/c7-9-6(8)5-3-1-2-4-5;3-2(4,5)1(6)7/h5H,1-4,7H2;(H,6,7). The summed E-state index contributed by atoms with van der Waals surface area (Å²) < 4.78 is 31.7. The predicted molar refractivity (Wildman–Crippen MR) is 45.9 cm³/mol. The first-order chi connectivity index (χ1) is 7.29. The van der Waals surface area contributed by atoms with E-state index in [0.717, 1.165) is 25.7 Å². The summed E-state index contributed by atoms with van der Waals surface area (Å²) in [5.41, 5.74) is 0. The average molecular weight is 243 g/mol. The largest absolute Gasteiger partial charge is 0.490 e. The van der Waals surface area contributed by atoms with Crippen molar-refractivity contribution in [1.82, 2.24) is 0 Å². The van der Waals surface area contributed by atoms with Gasteiger partial charge in [0.1, 0.15) is 0 Å². The third-order valence-corrected chi connectivity index (χ3v) is 2.05. The van der Waals surface area contributed by atoms with Crippen LogP contribution in [0.5, 0.6) is 0 Å². The van der Waals surface area contributed by atoms with Gasteiger partial charge >= 0.3 is 18.1 Å². The van der Waals surface area contributed by atoms with Crippen LogP contribution in [0.3, 0.4) is 0 Å². The van der Waals surface area contributed by atoms with Crippen molar-refractivity contribution < 1.29 is 32.7 Å². The predicted octanol–water partition coefficient (Wildman–Crippen LogP) is 1.23. The van der Waals surface area contributed by atoms with Crippen LogP contribution in [0.25, 0.3) is 0 Å². The van der Waals surface area contributed by atoms with Crippen LogP contribution < -0.4 is 5.90 Å². The second-order valence-electron chi connectivity index (χ2n) is 3.22. The number of carboxylic acid groups (broad SMARTS) is 1. The Kier molecular flexibility index (Phi) is 5.79. The van der Waals surface area contributed by atoms with Gasteiger partial charge in [0.05, 0.1) is 5.92 Å². The van der Waals surface area contributed by atoms with Gasteiger partial charge in [-0.15, -0.1) is 0 Å². The van der Waals surface area contributed by atoms with Gasteiger partial charge in [-0.25, -0.2) is 4.79 Å². The van der Waals surface area contributed by atoms with E-state index in [9.17, 15) is 18.0 Å². The molecule has 0 saturated heterocycles. The van der Waals surface area contributed by atoms with E-state index in [4.69, 9.17) is 15.8 Å². The number of alkyl halides is 3. The third-order valence-electron chi connectivity index (χ3n) is 2.05. The molecule has 0 unspecified atom stereocenters. The number of nitrogens with two attached hydrogens (primary N) is 1. The van der Waals surface area contributed by atoms with Crippen LogP contribution in [0, 0.1) is 5.92 Å². The number of hydrogen-bond donors (Lipinski definition) is 2. The van der Waals surface area contributed by atoms with Crippen molar-refractivity contribution in [3.63, 3.8) is 0 Å². The van der Waals surface area contributed by atoms with Crippen LogP contribution in [0.15, 0.2) is 0 Å². The molecule has 1 aliphatic carbocycles. The van der Waals surface area contributed by atoms with Crippen molar-refractivity contribution in [2.24, 2.45) is 11.8 Å². The quantitative estimate of drug-likeness (QED) is 0.676. The maximum absolute atomic E-state index is 10.7. The Hall–Kier alpha value is -1.31. The lowest BCUT2D eigenvalue weighted by molar-refractivity contribution is -0.192. The molecule has 94 valence electrons. The Balaban J connectivity index is 0.000000293. The SMILES string of the molecule is NOC(=O)C1CCCC1.O=C(O)C(F)(F)F. The number of hydrogen-bond acceptors (Lipinski definition) is 4. The highest BCUT2D eigenvalue weighted by molar-refractivity contribution is 5.73. The zero-order valence-electron chi connectivity index (χ0n) is 8.29. The number of aliphatic carboxylic acids is 1. The fourth-order valence-corrected chi connectivity index (χ4v) is 1.26. The highest BCUT2D eigenvalue weighted by Crippen LogP contribution is 2.24. The van der Waals surface area contributed by atoms with E-state index in [0.29, 0.717) is 0 Å². The van der Waals surface area contributed by atoms with Crippen LogP contribution >= 0.6 is 0 Å². The van der Waals surface area contributed by atoms with Crippen molar-refractivity contribution in [3.8, 4) is 0 Å². The molecule has 0 aromatic heterocycles. The van der Waals surface area contributed by atoms with E-state index in [1.807, 2.05) is 0 Å². The molecular formula is C8H12F3NO4. The molecule has 0 bridgehead atoms. The lowest BCUT2D eigenvalue weighted by Gasteiger charge is -2.02. The lowest BCUT2D eigenvalue weighted by atomic mass is 10.1. The Bertz CT molecular complexity index is 248. The van der Waals surface area contributed by atoms with E-state index < -0.39 is 12.1 Å². The Labute approximate surface area is 89.3 Å². The van der Waals surface area contributed by atoms with Gasteiger partial charge in [-0.1, -0.05) is 12.8 Å². The first-order valence-corrected chi connectivity index (χ1v) is 4.49. The van der Waals surface area contributed by atoms with Gasteiger partial charge in [0.15, 0.2) is 0 Å². The summed E-state index contributed by atoms with van der Waals surface area (Å²) in [5, 5.41) is 7.12. The van der Waals surface area contributed by atoms with Crippen molar-refractivity contribution >= 4 is 11.9 Å². The summed E-state index contributed by atoms with van der Waals surface area (Å²) in [5.74, 6) is 1.79. The highest BCUT2D eigenvalue weighted by Gasteiger charge is 2.38. The molecule has 8 heteroatoms. The monoisotopic (exact) mass is 243 g/mol. The molecule has 1 aliphatic rings. The second kappa shape index (κ2) is 6.31. The van der Waals surface area contributed by atoms with Crippen molar-refractivity contribution in [2.75, 3.05) is 0 Å². The fraction of sp³-hybridized carbons (Fsp3) is 0.750. The van der Waals surface area contributed by atoms with E-state index in [2.05, 4.69) is 4.84 Å². The first-order valence-electron chi connectivity index (χ1n) is 4.49. The third kappa shape index (κ3) is 5.54. The number of halogens is 3. The number of carbonyl (C=O) groups excluding carboxylic acids is 1. The van der Waals surface area contributed by atoms with E-state index >= 15 is 0 Å². The molecule has 3 N–H and O–H groups in total. The number of carboxylic acids is 1. The number of carbonyl (C=O) groups is 2. The molecule has 1 fully saturated rings. The van der Waals surface area contributed by atoms with Gasteiger partial charge in [-0.2, -0.15) is 19.1 Å². The lowest BCUT2D eigenvalue weighted by Crippen LogP contribution is -2.21. The zero-order chi connectivity index (χ0) is 12.8. The molecule has 1 rings (SSSR count). The minimum Gasteiger partial charge on any atom is -0.475 e. The Morgan fingerprint density at radius 1 is 1.25 bits per heavy atom. The molecule has 1 saturated carbocycles. The highest BCUT2D eigenvalue weighted by atomic mass is 19.4. The zero-order valence-corrected chi connectivity index (χ0v) is 8.29. The van der Waals surface area contributed by atoms with Crippen LogP contribution in [-0.2, 0) is 14.4 Å². The van der Waals surface area contributed by atoms with Gasteiger partial charge in [-0.3, -0.25) is 4.79 Å². The van der Waals surface area contributed by atoms with Crippen LogP contribution in [0.1, 0.15) is 25.7 Å². The van der Waals surface area contributed by atoms with Gasteiger partial charge in [0.2, 0.25) is 0 Å². The van der Waals surface area contributed by atoms with Crippen molar-refractivity contribution in [2.45, 2.75) is 31.9 Å². The maximum atomic E-state index is 10.7. The minimum atomic E-state index is -5.08. The molecule has 0 aromatic rings. The van der Waals surface area contributed by atoms with Gasteiger partial charge in [0, 0.05) is 0 Å². The average Bonchev–Trinajstić information content (AvgIpc) is 2.69. The van der Waals surface area contributed by atoms with Crippen molar-refractivity contribution in [3.05, 3.63) is 0 Å². The molecule has 5 nitrogen and oxygen atoms in total. The summed E-state index contributed by atoms with van der Waals surface area (Å²) in [7, 11) is 0. The molecule has 16 heavy (non-hydrogen) atoms. The van der Waals surface area contributed by atoms with Crippen LogP contribution in [0.4, 0.5) is 13.2 Å². The smallest absolute Gasteiger partial charge is 0.475 e. The Morgan fingerprint density at radius 3 is 1.88 bits per heavy atom.